The van der Waals surface area contributed by atoms with Crippen molar-refractivity contribution in [2.75, 3.05) is 0 Å². The number of hydrogen-bond donors (Lipinski definition) is 3. The van der Waals surface area contributed by atoms with Crippen LogP contribution in [0.4, 0.5) is 0 Å². The second kappa shape index (κ2) is 12.0. The summed E-state index contributed by atoms with van der Waals surface area (Å²) in [6, 6.07) is -1.04. The van der Waals surface area contributed by atoms with E-state index in [0.717, 1.165) is 25.7 Å². The predicted molar refractivity (Wildman–Crippen MR) is 134 cm³/mol. The molecule has 1 aliphatic carbocycles. The minimum atomic E-state index is -1.21. The summed E-state index contributed by atoms with van der Waals surface area (Å²) < 4.78 is 0. The number of nitrogens with zero attached hydrogens (tertiary/aromatic N) is 1. The van der Waals surface area contributed by atoms with Gasteiger partial charge in [0.1, 0.15) is 5.41 Å². The number of amides is 2. The molecule has 2 atom stereocenters. The van der Waals surface area contributed by atoms with Gasteiger partial charge in [-0.05, 0) is 50.4 Å². The molecule has 0 aromatic rings. The maximum absolute atomic E-state index is 14.3. The molecular weight excluding hydrogens is 416 g/mol. The highest BCUT2D eigenvalue weighted by Crippen LogP contribution is 2.50. The van der Waals surface area contributed by atoms with Gasteiger partial charge in [0.25, 0.3) is 0 Å². The Hall–Kier alpha value is -1.14. The van der Waals surface area contributed by atoms with Gasteiger partial charge in [0, 0.05) is 0 Å². The lowest BCUT2D eigenvalue weighted by atomic mass is 9.72. The third-order valence-electron chi connectivity index (χ3n) is 7.56. The molecule has 0 aromatic carbocycles. The van der Waals surface area contributed by atoms with Crippen LogP contribution >= 0.6 is 0 Å². The molecule has 1 aliphatic rings. The Morgan fingerprint density at radius 3 is 1.27 bits per heavy atom. The molecule has 0 bridgehead atoms. The van der Waals surface area contributed by atoms with E-state index in [1.165, 1.54) is 0 Å². The summed E-state index contributed by atoms with van der Waals surface area (Å²) in [5, 5.41) is 24.1. The normalized spacial score (nSPS) is 17.8. The van der Waals surface area contributed by atoms with Crippen LogP contribution in [0, 0.1) is 17.3 Å². The van der Waals surface area contributed by atoms with Gasteiger partial charge in [-0.15, -0.1) is 0 Å². The Kier molecular flexibility index (Phi) is 10.9. The number of hydrogen-bond acceptors (Lipinski definition) is 4. The van der Waals surface area contributed by atoms with Crippen molar-refractivity contribution in [3.63, 3.8) is 0 Å². The van der Waals surface area contributed by atoms with E-state index in [1.807, 2.05) is 55.4 Å². The summed E-state index contributed by atoms with van der Waals surface area (Å²) in [6.45, 7) is 16.3. The van der Waals surface area contributed by atoms with E-state index in [1.54, 1.807) is 4.90 Å². The van der Waals surface area contributed by atoms with Crippen molar-refractivity contribution in [2.45, 2.75) is 143 Å². The van der Waals surface area contributed by atoms with Crippen molar-refractivity contribution in [3.05, 3.63) is 0 Å². The average Bonchev–Trinajstić information content (AvgIpc) is 3.49. The smallest absolute Gasteiger partial charge is 0.238 e. The molecule has 33 heavy (non-hydrogen) atoms. The summed E-state index contributed by atoms with van der Waals surface area (Å²) in [4.78, 5) is 28.5. The van der Waals surface area contributed by atoms with Crippen molar-refractivity contribution in [3.8, 4) is 0 Å². The van der Waals surface area contributed by atoms with Crippen LogP contribution in [0.2, 0.25) is 0 Å². The summed E-state index contributed by atoms with van der Waals surface area (Å²) in [7, 11) is 0. The van der Waals surface area contributed by atoms with E-state index < -0.39 is 34.6 Å². The molecule has 0 heterocycles. The molecule has 1 rings (SSSR count). The van der Waals surface area contributed by atoms with Gasteiger partial charge in [0.05, 0.1) is 23.3 Å². The minimum Gasteiger partial charge on any atom is -0.388 e. The van der Waals surface area contributed by atoms with Crippen LogP contribution < -0.4 is 5.73 Å². The van der Waals surface area contributed by atoms with Crippen LogP contribution in [-0.4, -0.2) is 50.2 Å². The van der Waals surface area contributed by atoms with Crippen molar-refractivity contribution in [1.82, 2.24) is 4.90 Å². The monoisotopic (exact) mass is 468 g/mol. The zero-order valence-electron chi connectivity index (χ0n) is 22.6. The number of primary amides is 1. The fourth-order valence-corrected chi connectivity index (χ4v) is 6.34. The molecule has 4 N–H and O–H groups in total. The van der Waals surface area contributed by atoms with Gasteiger partial charge in [0.15, 0.2) is 0 Å². The Balaban J connectivity index is 3.86. The second-order valence-corrected chi connectivity index (χ2v) is 11.2. The first-order valence-corrected chi connectivity index (χ1v) is 13.4. The summed E-state index contributed by atoms with van der Waals surface area (Å²) in [5.74, 6) is -1.01. The maximum atomic E-state index is 14.3. The molecule has 0 spiro atoms. The Morgan fingerprint density at radius 2 is 1.09 bits per heavy atom. The lowest BCUT2D eigenvalue weighted by Crippen LogP contribution is -2.68. The molecule has 1 saturated carbocycles. The first kappa shape index (κ1) is 29.9. The lowest BCUT2D eigenvalue weighted by molar-refractivity contribution is -0.177. The number of rotatable bonds is 16. The molecular formula is C27H52N2O4. The van der Waals surface area contributed by atoms with Gasteiger partial charge in [-0.25, -0.2) is 0 Å². The third-order valence-corrected chi connectivity index (χ3v) is 7.56. The third kappa shape index (κ3) is 6.30. The SMILES string of the molecule is CCCC(O)(CCC)[C@@H](C(C)C)N(C(=O)C1(C(N)=O)CC1)[C@H](C(C)C)C(O)(CCC)CCC. The molecule has 6 heteroatoms. The van der Waals surface area contributed by atoms with Crippen LogP contribution in [0.1, 0.15) is 120 Å². The highest BCUT2D eigenvalue weighted by molar-refractivity contribution is 6.07. The molecule has 0 unspecified atom stereocenters. The number of aliphatic hydroxyl groups is 2. The first-order valence-electron chi connectivity index (χ1n) is 13.4. The van der Waals surface area contributed by atoms with E-state index in [2.05, 4.69) is 0 Å². The Labute approximate surface area is 202 Å². The largest absolute Gasteiger partial charge is 0.388 e. The van der Waals surface area contributed by atoms with Crippen molar-refractivity contribution < 1.29 is 19.8 Å². The molecule has 1 fully saturated rings. The van der Waals surface area contributed by atoms with Crippen LogP contribution in [0.3, 0.4) is 0 Å². The van der Waals surface area contributed by atoms with E-state index in [9.17, 15) is 19.8 Å². The van der Waals surface area contributed by atoms with Crippen molar-refractivity contribution >= 4 is 11.8 Å². The molecule has 6 nitrogen and oxygen atoms in total. The van der Waals surface area contributed by atoms with E-state index >= 15 is 0 Å². The molecule has 0 radical (unpaired) electrons. The quantitative estimate of drug-likeness (QED) is 0.283. The van der Waals surface area contributed by atoms with Gasteiger partial charge >= 0.3 is 0 Å². The topological polar surface area (TPSA) is 104 Å². The standard InChI is InChI=1S/C27H52N2O4/c1-9-13-26(32,14-10-2)21(19(5)6)29(24(31)25(17-18-25)23(28)30)22(20(7)8)27(33,15-11-3)16-12-4/h19-22,32-33H,9-18H2,1-8H3,(H2,28,30)/t21-,22-/m1/s1. The fourth-order valence-electron chi connectivity index (χ4n) is 6.34. The van der Waals surface area contributed by atoms with E-state index in [4.69, 9.17) is 5.73 Å². The van der Waals surface area contributed by atoms with E-state index in [0.29, 0.717) is 38.5 Å². The predicted octanol–water partition coefficient (Wildman–Crippen LogP) is 4.79. The molecule has 0 aliphatic heterocycles. The highest BCUT2D eigenvalue weighted by Gasteiger charge is 2.62. The van der Waals surface area contributed by atoms with Gasteiger partial charge in [-0.1, -0.05) is 81.1 Å². The Morgan fingerprint density at radius 1 is 0.788 bits per heavy atom. The zero-order valence-corrected chi connectivity index (χ0v) is 22.6. The molecule has 0 aromatic heterocycles. The molecule has 0 saturated heterocycles. The number of carbonyl (C=O) groups is 2. The molecule has 2 amide bonds. The number of carbonyl (C=O) groups excluding carboxylic acids is 2. The maximum Gasteiger partial charge on any atom is 0.238 e. The second-order valence-electron chi connectivity index (χ2n) is 11.2. The number of nitrogens with two attached hydrogens (primary N) is 1. The summed E-state index contributed by atoms with van der Waals surface area (Å²) in [6.07, 6.45) is 6.23. The van der Waals surface area contributed by atoms with Gasteiger partial charge in [-0.3, -0.25) is 9.59 Å². The summed E-state index contributed by atoms with van der Waals surface area (Å²) in [5.41, 5.74) is 2.35. The summed E-state index contributed by atoms with van der Waals surface area (Å²) >= 11 is 0. The van der Waals surface area contributed by atoms with Crippen LogP contribution in [-0.2, 0) is 9.59 Å². The van der Waals surface area contributed by atoms with Gasteiger partial charge in [-0.2, -0.15) is 0 Å². The van der Waals surface area contributed by atoms with Crippen molar-refractivity contribution in [1.29, 1.82) is 0 Å². The fraction of sp³-hybridized carbons (Fsp3) is 0.926. The zero-order chi connectivity index (χ0) is 25.6. The lowest BCUT2D eigenvalue weighted by Gasteiger charge is -2.54. The minimum absolute atomic E-state index is 0.0607. The Bertz CT molecular complexity index is 596. The van der Waals surface area contributed by atoms with Gasteiger partial charge < -0.3 is 20.8 Å². The van der Waals surface area contributed by atoms with Crippen LogP contribution in [0.25, 0.3) is 0 Å². The van der Waals surface area contributed by atoms with Crippen molar-refractivity contribution in [2.24, 2.45) is 23.0 Å². The van der Waals surface area contributed by atoms with E-state index in [-0.39, 0.29) is 17.7 Å². The highest BCUT2D eigenvalue weighted by atomic mass is 16.3. The van der Waals surface area contributed by atoms with Crippen LogP contribution in [0.5, 0.6) is 0 Å². The first-order chi connectivity index (χ1) is 15.3. The van der Waals surface area contributed by atoms with Gasteiger partial charge in [0.2, 0.25) is 11.8 Å². The van der Waals surface area contributed by atoms with Crippen LogP contribution in [0.15, 0.2) is 0 Å². The molecule has 194 valence electrons. The average molecular weight is 469 g/mol.